The number of fused-ring (bicyclic) bond motifs is 9. The molecule has 0 atom stereocenters. The molecule has 0 fully saturated rings. The molecule has 0 saturated heterocycles. The van der Waals surface area contributed by atoms with Crippen LogP contribution in [0.5, 0.6) is 34.5 Å². The van der Waals surface area contributed by atoms with Crippen LogP contribution in [0.2, 0.25) is 0 Å². The molecule has 7 heteroatoms. The third-order valence-electron chi connectivity index (χ3n) is 6.03. The van der Waals surface area contributed by atoms with E-state index in [1.54, 1.807) is 28.4 Å². The van der Waals surface area contributed by atoms with E-state index in [1.165, 1.54) is 0 Å². The van der Waals surface area contributed by atoms with E-state index in [9.17, 15) is 0 Å². The minimum Gasteiger partial charge on any atom is -0.493 e. The van der Waals surface area contributed by atoms with Crippen LogP contribution in [0, 0.1) is 0 Å². The fraction of sp³-hybridized carbons (Fsp3) is 0.200. The third-order valence-corrected chi connectivity index (χ3v) is 6.03. The smallest absolute Gasteiger partial charge is 0.231 e. The lowest BCUT2D eigenvalue weighted by atomic mass is 9.95. The van der Waals surface area contributed by atoms with Crippen molar-refractivity contribution in [2.45, 2.75) is 0 Å². The van der Waals surface area contributed by atoms with Gasteiger partial charge in [0.25, 0.3) is 0 Å². The molecule has 0 amide bonds. The van der Waals surface area contributed by atoms with Crippen LogP contribution in [0.25, 0.3) is 43.5 Å². The first-order valence-electron chi connectivity index (χ1n) is 10.1. The molecule has 162 valence electrons. The van der Waals surface area contributed by atoms with Gasteiger partial charge < -0.3 is 32.8 Å². The van der Waals surface area contributed by atoms with E-state index >= 15 is 0 Å². The van der Waals surface area contributed by atoms with Gasteiger partial charge in [-0.25, -0.2) is 0 Å². The summed E-state index contributed by atoms with van der Waals surface area (Å²) in [5.74, 6) is 3.89. The van der Waals surface area contributed by atoms with Crippen molar-refractivity contribution in [2.75, 3.05) is 35.2 Å². The first-order valence-corrected chi connectivity index (χ1v) is 10.1. The number of rotatable bonds is 4. The summed E-state index contributed by atoms with van der Waals surface area (Å²) in [5.41, 5.74) is 1.45. The van der Waals surface area contributed by atoms with Gasteiger partial charge in [0.2, 0.25) is 6.79 Å². The van der Waals surface area contributed by atoms with Crippen molar-refractivity contribution >= 4 is 43.5 Å². The average molecular weight is 432 g/mol. The molecule has 1 aliphatic heterocycles. The molecule has 5 aromatic rings. The van der Waals surface area contributed by atoms with Gasteiger partial charge in [-0.2, -0.15) is 0 Å². The second kappa shape index (κ2) is 6.75. The van der Waals surface area contributed by atoms with Gasteiger partial charge in [-0.1, -0.05) is 0 Å². The van der Waals surface area contributed by atoms with Crippen molar-refractivity contribution in [1.82, 2.24) is 0 Å². The van der Waals surface area contributed by atoms with E-state index in [0.29, 0.717) is 40.1 Å². The summed E-state index contributed by atoms with van der Waals surface area (Å²) in [5, 5.41) is 5.68. The SMILES string of the molecule is COc1cc2c3cc(OC)c(OC)cc3c3c4cc5c(cc4oc3c2cc1OC)OCO5. The highest BCUT2D eigenvalue weighted by Crippen LogP contribution is 2.48. The monoisotopic (exact) mass is 432 g/mol. The molecule has 7 nitrogen and oxygen atoms in total. The second-order valence-electron chi connectivity index (χ2n) is 7.51. The largest absolute Gasteiger partial charge is 0.493 e. The van der Waals surface area contributed by atoms with Gasteiger partial charge in [0.05, 0.1) is 28.4 Å². The molecule has 6 rings (SSSR count). The lowest BCUT2D eigenvalue weighted by Crippen LogP contribution is -1.93. The first-order chi connectivity index (χ1) is 15.7. The van der Waals surface area contributed by atoms with Gasteiger partial charge in [0, 0.05) is 22.2 Å². The average Bonchev–Trinajstić information content (AvgIpc) is 3.44. The predicted molar refractivity (Wildman–Crippen MR) is 121 cm³/mol. The van der Waals surface area contributed by atoms with E-state index in [4.69, 9.17) is 32.8 Å². The Morgan fingerprint density at radius 3 is 1.66 bits per heavy atom. The zero-order chi connectivity index (χ0) is 22.0. The molecule has 0 N–H and O–H groups in total. The van der Waals surface area contributed by atoms with E-state index in [2.05, 4.69) is 0 Å². The lowest BCUT2D eigenvalue weighted by molar-refractivity contribution is 0.174. The molecule has 0 aliphatic carbocycles. The Hall–Kier alpha value is -4.00. The summed E-state index contributed by atoms with van der Waals surface area (Å²) in [7, 11) is 6.49. The zero-order valence-corrected chi connectivity index (χ0v) is 18.0. The highest BCUT2D eigenvalue weighted by molar-refractivity contribution is 6.31. The van der Waals surface area contributed by atoms with Crippen molar-refractivity contribution < 1.29 is 32.8 Å². The Morgan fingerprint density at radius 1 is 0.562 bits per heavy atom. The standard InChI is InChI=1S/C25H20O7/c1-26-18-5-12-13-6-19(27-2)21(29-4)8-15(13)25-24(14(12)7-20(18)28-3)16-9-22-23(31-11-30-22)10-17(16)32-25/h5-10H,11H2,1-4H3. The van der Waals surface area contributed by atoms with Gasteiger partial charge in [-0.15, -0.1) is 0 Å². The lowest BCUT2D eigenvalue weighted by Gasteiger charge is -2.14. The number of furan rings is 1. The molecule has 0 bridgehead atoms. The fourth-order valence-corrected chi connectivity index (χ4v) is 4.54. The summed E-state index contributed by atoms with van der Waals surface area (Å²) in [6, 6.07) is 11.7. The maximum Gasteiger partial charge on any atom is 0.231 e. The van der Waals surface area contributed by atoms with Crippen molar-refractivity contribution in [2.24, 2.45) is 0 Å². The Bertz CT molecular complexity index is 1550. The minimum absolute atomic E-state index is 0.200. The highest BCUT2D eigenvalue weighted by atomic mass is 16.7. The maximum absolute atomic E-state index is 6.40. The van der Waals surface area contributed by atoms with E-state index in [1.807, 2.05) is 36.4 Å². The topological polar surface area (TPSA) is 68.5 Å². The Kier molecular flexibility index (Phi) is 3.95. The van der Waals surface area contributed by atoms with E-state index in [-0.39, 0.29) is 6.79 Å². The van der Waals surface area contributed by atoms with Crippen LogP contribution in [0.4, 0.5) is 0 Å². The Labute approximate surface area is 182 Å². The van der Waals surface area contributed by atoms with Gasteiger partial charge in [0.1, 0.15) is 11.2 Å². The van der Waals surface area contributed by atoms with Crippen molar-refractivity contribution in [3.8, 4) is 34.5 Å². The molecule has 0 radical (unpaired) electrons. The molecule has 32 heavy (non-hydrogen) atoms. The molecule has 4 aromatic carbocycles. The van der Waals surface area contributed by atoms with Crippen LogP contribution in [-0.2, 0) is 0 Å². The summed E-state index contributed by atoms with van der Waals surface area (Å²) in [4.78, 5) is 0. The Morgan fingerprint density at radius 2 is 1.06 bits per heavy atom. The number of hydrogen-bond acceptors (Lipinski definition) is 7. The molecule has 2 heterocycles. The van der Waals surface area contributed by atoms with E-state index in [0.717, 1.165) is 37.9 Å². The van der Waals surface area contributed by atoms with Crippen LogP contribution < -0.4 is 28.4 Å². The number of methoxy groups -OCH3 is 4. The fourth-order valence-electron chi connectivity index (χ4n) is 4.54. The van der Waals surface area contributed by atoms with Crippen LogP contribution in [-0.4, -0.2) is 35.2 Å². The van der Waals surface area contributed by atoms with Gasteiger partial charge >= 0.3 is 0 Å². The third kappa shape index (κ3) is 2.42. The molecule has 0 unspecified atom stereocenters. The van der Waals surface area contributed by atoms with Crippen molar-refractivity contribution in [1.29, 1.82) is 0 Å². The second-order valence-corrected chi connectivity index (χ2v) is 7.51. The predicted octanol–water partition coefficient (Wildman–Crippen LogP) is 5.66. The van der Waals surface area contributed by atoms with E-state index < -0.39 is 0 Å². The quantitative estimate of drug-likeness (QED) is 0.340. The minimum atomic E-state index is 0.200. The first kappa shape index (κ1) is 18.7. The van der Waals surface area contributed by atoms with Crippen LogP contribution in [0.3, 0.4) is 0 Å². The highest BCUT2D eigenvalue weighted by Gasteiger charge is 2.23. The van der Waals surface area contributed by atoms with Crippen molar-refractivity contribution in [3.05, 3.63) is 36.4 Å². The number of benzene rings is 4. The van der Waals surface area contributed by atoms with Crippen molar-refractivity contribution in [3.63, 3.8) is 0 Å². The maximum atomic E-state index is 6.40. The van der Waals surface area contributed by atoms with Crippen LogP contribution in [0.1, 0.15) is 0 Å². The molecule has 0 spiro atoms. The van der Waals surface area contributed by atoms with Crippen LogP contribution >= 0.6 is 0 Å². The van der Waals surface area contributed by atoms with Gasteiger partial charge in [0.15, 0.2) is 34.5 Å². The normalized spacial score (nSPS) is 12.8. The Balaban J connectivity index is 1.88. The molecular weight excluding hydrogens is 412 g/mol. The summed E-state index contributed by atoms with van der Waals surface area (Å²) in [6.07, 6.45) is 0. The molecular formula is C25H20O7. The molecule has 1 aliphatic rings. The summed E-state index contributed by atoms with van der Waals surface area (Å²) >= 11 is 0. The zero-order valence-electron chi connectivity index (χ0n) is 18.0. The number of hydrogen-bond donors (Lipinski definition) is 0. The molecule has 1 aromatic heterocycles. The van der Waals surface area contributed by atoms with Gasteiger partial charge in [-0.05, 0) is 46.5 Å². The van der Waals surface area contributed by atoms with Crippen LogP contribution in [0.15, 0.2) is 40.8 Å². The molecule has 0 saturated carbocycles. The number of ether oxygens (including phenoxy) is 6. The summed E-state index contributed by atoms with van der Waals surface area (Å²) in [6.45, 7) is 0.200. The summed E-state index contributed by atoms with van der Waals surface area (Å²) < 4.78 is 39.9. The van der Waals surface area contributed by atoms with Gasteiger partial charge in [-0.3, -0.25) is 0 Å².